The zero-order chi connectivity index (χ0) is 15.1. The van der Waals surface area contributed by atoms with E-state index >= 15 is 0 Å². The normalized spacial score (nSPS) is 23.1. The molecule has 118 valence electrons. The summed E-state index contributed by atoms with van der Waals surface area (Å²) in [5, 5.41) is 20.6. The molecule has 6 nitrogen and oxygen atoms in total. The number of aliphatic imine (C=N–C) groups is 1. The van der Waals surface area contributed by atoms with Crippen molar-refractivity contribution in [1.82, 2.24) is 20.4 Å². The first-order valence-electron chi connectivity index (χ1n) is 7.89. The van der Waals surface area contributed by atoms with Crippen LogP contribution in [0.3, 0.4) is 0 Å². The van der Waals surface area contributed by atoms with Crippen LogP contribution in [0, 0.1) is 6.92 Å². The zero-order valence-electron chi connectivity index (χ0n) is 13.0. The minimum Gasteiger partial charge on any atom is -0.393 e. The van der Waals surface area contributed by atoms with E-state index in [1.165, 1.54) is 5.56 Å². The van der Waals surface area contributed by atoms with E-state index in [4.69, 9.17) is 0 Å². The molecule has 2 rings (SSSR count). The summed E-state index contributed by atoms with van der Waals surface area (Å²) >= 11 is 0. The number of hydrogen-bond donors (Lipinski definition) is 3. The topological polar surface area (TPSA) is 74.5 Å². The number of nitrogens with one attached hydrogen (secondary N) is 2. The minimum absolute atomic E-state index is 0.120. The van der Waals surface area contributed by atoms with Crippen LogP contribution in [0.5, 0.6) is 0 Å². The van der Waals surface area contributed by atoms with Crippen molar-refractivity contribution in [1.29, 1.82) is 0 Å². The highest BCUT2D eigenvalue weighted by atomic mass is 16.3. The Morgan fingerprint density at radius 2 is 2.19 bits per heavy atom. The summed E-state index contributed by atoms with van der Waals surface area (Å²) in [5.74, 6) is 0.864. The fourth-order valence-electron chi connectivity index (χ4n) is 2.59. The molecule has 1 aromatic rings. The first-order chi connectivity index (χ1) is 10.2. The van der Waals surface area contributed by atoms with Crippen LogP contribution in [-0.2, 0) is 6.54 Å². The average molecular weight is 293 g/mol. The Labute approximate surface area is 126 Å². The van der Waals surface area contributed by atoms with Crippen molar-refractivity contribution in [2.24, 2.45) is 4.99 Å². The second kappa shape index (κ2) is 8.02. The maximum absolute atomic E-state index is 9.55. The standard InChI is InChI=1S/C15H27N5O/c1-3-16-15(19-13-4-6-14(21)7-5-13)17-8-9-20-11-12(2)10-18-20/h10-11,13-14,21H,3-9H2,1-2H3,(H2,16,17,19). The summed E-state index contributed by atoms with van der Waals surface area (Å²) in [7, 11) is 0. The van der Waals surface area contributed by atoms with Gasteiger partial charge in [-0.3, -0.25) is 9.67 Å². The first kappa shape index (κ1) is 15.8. The summed E-state index contributed by atoms with van der Waals surface area (Å²) in [6, 6.07) is 0.415. The van der Waals surface area contributed by atoms with E-state index in [-0.39, 0.29) is 6.10 Å². The molecule has 1 saturated carbocycles. The number of guanidine groups is 1. The van der Waals surface area contributed by atoms with Gasteiger partial charge in [0, 0.05) is 18.8 Å². The molecular formula is C15H27N5O. The van der Waals surface area contributed by atoms with Crippen molar-refractivity contribution in [3.8, 4) is 0 Å². The van der Waals surface area contributed by atoms with Gasteiger partial charge in [-0.1, -0.05) is 0 Å². The van der Waals surface area contributed by atoms with Gasteiger partial charge in [0.05, 0.1) is 25.4 Å². The predicted molar refractivity (Wildman–Crippen MR) is 84.3 cm³/mol. The number of aryl methyl sites for hydroxylation is 1. The lowest BCUT2D eigenvalue weighted by Crippen LogP contribution is -2.45. The van der Waals surface area contributed by atoms with Crippen molar-refractivity contribution in [2.75, 3.05) is 13.1 Å². The van der Waals surface area contributed by atoms with Crippen LogP contribution in [0.15, 0.2) is 17.4 Å². The van der Waals surface area contributed by atoms with E-state index < -0.39 is 0 Å². The average Bonchev–Trinajstić information content (AvgIpc) is 2.87. The lowest BCUT2D eigenvalue weighted by molar-refractivity contribution is 0.120. The smallest absolute Gasteiger partial charge is 0.191 e. The molecule has 1 aliphatic carbocycles. The molecule has 3 N–H and O–H groups in total. The van der Waals surface area contributed by atoms with Crippen LogP contribution in [0.25, 0.3) is 0 Å². The van der Waals surface area contributed by atoms with Gasteiger partial charge in [0.1, 0.15) is 0 Å². The van der Waals surface area contributed by atoms with Crippen LogP contribution in [0.2, 0.25) is 0 Å². The molecule has 0 bridgehead atoms. The molecule has 0 radical (unpaired) electrons. The van der Waals surface area contributed by atoms with Crippen molar-refractivity contribution >= 4 is 5.96 Å². The molecule has 0 amide bonds. The summed E-state index contributed by atoms with van der Waals surface area (Å²) in [6.45, 7) is 6.44. The van der Waals surface area contributed by atoms with Gasteiger partial charge >= 0.3 is 0 Å². The minimum atomic E-state index is -0.120. The third-order valence-corrected chi connectivity index (χ3v) is 3.74. The molecular weight excluding hydrogens is 266 g/mol. The lowest BCUT2D eigenvalue weighted by Gasteiger charge is -2.27. The maximum Gasteiger partial charge on any atom is 0.191 e. The Balaban J connectivity index is 1.81. The van der Waals surface area contributed by atoms with Gasteiger partial charge in [0.25, 0.3) is 0 Å². The van der Waals surface area contributed by atoms with E-state index in [2.05, 4.69) is 27.6 Å². The molecule has 1 fully saturated rings. The Hall–Kier alpha value is -1.56. The Morgan fingerprint density at radius 3 is 2.81 bits per heavy atom. The summed E-state index contributed by atoms with van der Waals surface area (Å²) in [5.41, 5.74) is 1.17. The highest BCUT2D eigenvalue weighted by Gasteiger charge is 2.19. The van der Waals surface area contributed by atoms with Gasteiger partial charge in [-0.15, -0.1) is 0 Å². The van der Waals surface area contributed by atoms with Crippen molar-refractivity contribution in [3.63, 3.8) is 0 Å². The molecule has 0 aromatic carbocycles. The quantitative estimate of drug-likeness (QED) is 0.560. The first-order valence-corrected chi connectivity index (χ1v) is 7.89. The highest BCUT2D eigenvalue weighted by molar-refractivity contribution is 5.80. The maximum atomic E-state index is 9.55. The van der Waals surface area contributed by atoms with Crippen LogP contribution in [-0.4, -0.2) is 46.1 Å². The van der Waals surface area contributed by atoms with Crippen LogP contribution in [0.4, 0.5) is 0 Å². The Morgan fingerprint density at radius 1 is 1.43 bits per heavy atom. The molecule has 0 unspecified atom stereocenters. The fourth-order valence-corrected chi connectivity index (χ4v) is 2.59. The van der Waals surface area contributed by atoms with E-state index in [9.17, 15) is 5.11 Å². The molecule has 1 heterocycles. The number of rotatable bonds is 5. The lowest BCUT2D eigenvalue weighted by atomic mass is 9.93. The monoisotopic (exact) mass is 293 g/mol. The van der Waals surface area contributed by atoms with Crippen LogP contribution >= 0.6 is 0 Å². The zero-order valence-corrected chi connectivity index (χ0v) is 13.0. The number of aliphatic hydroxyl groups is 1. The molecule has 21 heavy (non-hydrogen) atoms. The number of aromatic nitrogens is 2. The van der Waals surface area contributed by atoms with E-state index in [1.807, 2.05) is 24.0 Å². The third-order valence-electron chi connectivity index (χ3n) is 3.74. The molecule has 1 aliphatic rings. The predicted octanol–water partition coefficient (Wildman–Crippen LogP) is 1.05. The second-order valence-electron chi connectivity index (χ2n) is 5.69. The van der Waals surface area contributed by atoms with Crippen LogP contribution < -0.4 is 10.6 Å². The number of nitrogens with zero attached hydrogens (tertiary/aromatic N) is 3. The van der Waals surface area contributed by atoms with Gasteiger partial charge in [0.15, 0.2) is 5.96 Å². The van der Waals surface area contributed by atoms with Gasteiger partial charge in [-0.2, -0.15) is 5.10 Å². The summed E-state index contributed by atoms with van der Waals surface area (Å²) in [6.07, 6.45) is 7.53. The molecule has 0 atom stereocenters. The molecule has 0 spiro atoms. The van der Waals surface area contributed by atoms with E-state index in [1.54, 1.807) is 0 Å². The van der Waals surface area contributed by atoms with Gasteiger partial charge < -0.3 is 15.7 Å². The van der Waals surface area contributed by atoms with E-state index in [0.717, 1.165) is 44.7 Å². The van der Waals surface area contributed by atoms with Crippen molar-refractivity contribution < 1.29 is 5.11 Å². The number of hydrogen-bond acceptors (Lipinski definition) is 3. The SMILES string of the molecule is CCNC(=NCCn1cc(C)cn1)NC1CCC(O)CC1. The molecule has 0 saturated heterocycles. The summed E-state index contributed by atoms with van der Waals surface area (Å²) < 4.78 is 1.92. The molecule has 0 aliphatic heterocycles. The van der Waals surface area contributed by atoms with Crippen molar-refractivity contribution in [3.05, 3.63) is 18.0 Å². The van der Waals surface area contributed by atoms with Crippen LogP contribution in [0.1, 0.15) is 38.2 Å². The van der Waals surface area contributed by atoms with Gasteiger partial charge in [0.2, 0.25) is 0 Å². The summed E-state index contributed by atoms with van der Waals surface area (Å²) in [4.78, 5) is 4.60. The van der Waals surface area contributed by atoms with Crippen molar-refractivity contribution in [2.45, 2.75) is 58.2 Å². The fraction of sp³-hybridized carbons (Fsp3) is 0.733. The third kappa shape index (κ3) is 5.38. The Bertz CT molecular complexity index is 449. The largest absolute Gasteiger partial charge is 0.393 e. The Kier molecular flexibility index (Phi) is 6.04. The van der Waals surface area contributed by atoms with Gasteiger partial charge in [-0.25, -0.2) is 0 Å². The molecule has 1 aromatic heterocycles. The van der Waals surface area contributed by atoms with E-state index in [0.29, 0.717) is 12.6 Å². The molecule has 6 heteroatoms. The number of aliphatic hydroxyl groups excluding tert-OH is 1. The van der Waals surface area contributed by atoms with Gasteiger partial charge in [-0.05, 0) is 45.1 Å². The highest BCUT2D eigenvalue weighted by Crippen LogP contribution is 2.18. The second-order valence-corrected chi connectivity index (χ2v) is 5.69.